The van der Waals surface area contributed by atoms with Gasteiger partial charge >= 0.3 is 5.97 Å². The van der Waals surface area contributed by atoms with Gasteiger partial charge in [0.25, 0.3) is 0 Å². The molecular weight excluding hydrogens is 247 g/mol. The van der Waals surface area contributed by atoms with Crippen LogP contribution in [0, 0.1) is 6.92 Å². The first-order chi connectivity index (χ1) is 9.17. The zero-order valence-corrected chi connectivity index (χ0v) is 11.3. The van der Waals surface area contributed by atoms with E-state index in [1.165, 1.54) is 0 Å². The summed E-state index contributed by atoms with van der Waals surface area (Å²) < 4.78 is 23.3. The summed E-state index contributed by atoms with van der Waals surface area (Å²) in [4.78, 5) is 12.0. The Morgan fingerprint density at radius 1 is 1.53 bits per heavy atom. The summed E-state index contributed by atoms with van der Waals surface area (Å²) >= 11 is 0. The van der Waals surface area contributed by atoms with E-state index in [4.69, 9.17) is 9.47 Å². The quantitative estimate of drug-likeness (QED) is 0.786. The second-order valence-corrected chi connectivity index (χ2v) is 4.71. The third-order valence-corrected chi connectivity index (χ3v) is 3.42. The summed E-state index contributed by atoms with van der Waals surface area (Å²) in [5.41, 5.74) is 3.05. The summed E-state index contributed by atoms with van der Waals surface area (Å²) in [5.74, 6) is -0.391. The van der Waals surface area contributed by atoms with Gasteiger partial charge in [-0.2, -0.15) is 0 Å². The van der Waals surface area contributed by atoms with Crippen LogP contribution in [0.5, 0.6) is 0 Å². The monoisotopic (exact) mass is 266 g/mol. The lowest BCUT2D eigenvalue weighted by Crippen LogP contribution is -2.32. The molecule has 19 heavy (non-hydrogen) atoms. The molecular formula is C15H19FO3. The number of rotatable bonds is 4. The van der Waals surface area contributed by atoms with Crippen LogP contribution >= 0.6 is 0 Å². The average molecular weight is 266 g/mol. The molecule has 0 aromatic heterocycles. The lowest BCUT2D eigenvalue weighted by molar-refractivity contribution is -0.163. The maximum atomic E-state index is 12.5. The number of carbonyl (C=O) groups excluding carboxylic acids is 1. The molecule has 4 heteroatoms. The fraction of sp³-hybridized carbons (Fsp3) is 0.533. The van der Waals surface area contributed by atoms with Crippen LogP contribution in [0.3, 0.4) is 0 Å². The highest BCUT2D eigenvalue weighted by Gasteiger charge is 2.33. The van der Waals surface area contributed by atoms with Crippen LogP contribution in [0.1, 0.15) is 36.1 Å². The number of ether oxygens (including phenoxy) is 2. The van der Waals surface area contributed by atoms with Crippen LogP contribution in [0.15, 0.2) is 18.2 Å². The van der Waals surface area contributed by atoms with E-state index in [2.05, 4.69) is 0 Å². The van der Waals surface area contributed by atoms with Crippen LogP contribution in [0.4, 0.5) is 4.39 Å². The van der Waals surface area contributed by atoms with Gasteiger partial charge in [0.05, 0.1) is 19.4 Å². The first-order valence-corrected chi connectivity index (χ1v) is 6.63. The van der Waals surface area contributed by atoms with E-state index in [9.17, 15) is 9.18 Å². The van der Waals surface area contributed by atoms with Crippen LogP contribution in [-0.4, -0.2) is 25.4 Å². The van der Waals surface area contributed by atoms with Crippen LogP contribution in [0.25, 0.3) is 0 Å². The number of benzene rings is 1. The Bertz CT molecular complexity index is 459. The Labute approximate surface area is 112 Å². The Morgan fingerprint density at radius 3 is 3.00 bits per heavy atom. The summed E-state index contributed by atoms with van der Waals surface area (Å²) in [6.07, 6.45) is -0.0148. The number of aryl methyl sites for hydroxylation is 1. The van der Waals surface area contributed by atoms with Crippen LogP contribution < -0.4 is 0 Å². The molecule has 0 N–H and O–H groups in total. The minimum Gasteiger partial charge on any atom is -0.464 e. The van der Waals surface area contributed by atoms with Crippen molar-refractivity contribution >= 4 is 5.97 Å². The van der Waals surface area contributed by atoms with Crippen LogP contribution in [-0.2, 0) is 20.7 Å². The molecule has 0 saturated heterocycles. The predicted octanol–water partition coefficient (Wildman–Crippen LogP) is 2.90. The zero-order chi connectivity index (χ0) is 13.8. The number of hydrogen-bond acceptors (Lipinski definition) is 3. The molecule has 0 radical (unpaired) electrons. The molecule has 0 fully saturated rings. The average Bonchev–Trinajstić information content (AvgIpc) is 2.39. The number of hydrogen-bond donors (Lipinski definition) is 0. The van der Waals surface area contributed by atoms with E-state index in [-0.39, 0.29) is 6.10 Å². The first-order valence-electron chi connectivity index (χ1n) is 6.63. The highest BCUT2D eigenvalue weighted by atomic mass is 19.1. The minimum atomic E-state index is -0.722. The molecule has 1 aromatic carbocycles. The Kier molecular flexibility index (Phi) is 4.53. The Hall–Kier alpha value is -1.42. The van der Waals surface area contributed by atoms with Gasteiger partial charge in [0.1, 0.15) is 0 Å². The van der Waals surface area contributed by atoms with E-state index in [0.29, 0.717) is 19.4 Å². The number of alkyl halides is 1. The second-order valence-electron chi connectivity index (χ2n) is 4.71. The molecule has 0 bridgehead atoms. The third-order valence-electron chi connectivity index (χ3n) is 3.42. The number of halogens is 1. The topological polar surface area (TPSA) is 35.5 Å². The number of carbonyl (C=O) groups is 1. The van der Waals surface area contributed by atoms with Crippen molar-refractivity contribution in [3.63, 3.8) is 0 Å². The molecule has 104 valence electrons. The summed E-state index contributed by atoms with van der Waals surface area (Å²) in [6.45, 7) is 3.63. The molecule has 0 saturated carbocycles. The van der Waals surface area contributed by atoms with Gasteiger partial charge in [0.2, 0.25) is 0 Å². The highest BCUT2D eigenvalue weighted by molar-refractivity contribution is 5.77. The molecule has 3 nitrogen and oxygen atoms in total. The van der Waals surface area contributed by atoms with Gasteiger partial charge in [-0.15, -0.1) is 0 Å². The first kappa shape index (κ1) is 14.0. The fourth-order valence-corrected chi connectivity index (χ4v) is 2.48. The lowest BCUT2D eigenvalue weighted by atomic mass is 9.90. The summed E-state index contributed by atoms with van der Waals surface area (Å²) in [5, 5.41) is 0. The lowest BCUT2D eigenvalue weighted by Gasteiger charge is -2.31. The molecule has 2 unspecified atom stereocenters. The van der Waals surface area contributed by atoms with Crippen molar-refractivity contribution in [3.8, 4) is 0 Å². The SMILES string of the molecule is CCOC(=O)C1OC(CCF)Cc2c(C)cccc21. The second kappa shape index (κ2) is 6.15. The van der Waals surface area contributed by atoms with Crippen molar-refractivity contribution < 1.29 is 18.7 Å². The van der Waals surface area contributed by atoms with Crippen molar-refractivity contribution in [1.82, 2.24) is 0 Å². The van der Waals surface area contributed by atoms with E-state index >= 15 is 0 Å². The summed E-state index contributed by atoms with van der Waals surface area (Å²) in [6, 6.07) is 5.79. The van der Waals surface area contributed by atoms with Gasteiger partial charge in [-0.25, -0.2) is 4.79 Å². The molecule has 0 aliphatic carbocycles. The molecule has 1 aromatic rings. The highest BCUT2D eigenvalue weighted by Crippen LogP contribution is 2.34. The van der Waals surface area contributed by atoms with Gasteiger partial charge in [-0.3, -0.25) is 4.39 Å². The molecule has 1 heterocycles. The van der Waals surface area contributed by atoms with Gasteiger partial charge in [0.15, 0.2) is 6.10 Å². The normalized spacial score (nSPS) is 21.8. The van der Waals surface area contributed by atoms with E-state index in [1.807, 2.05) is 25.1 Å². The van der Waals surface area contributed by atoms with Gasteiger partial charge in [-0.05, 0) is 37.0 Å². The van der Waals surface area contributed by atoms with Gasteiger partial charge in [-0.1, -0.05) is 18.2 Å². The standard InChI is InChI=1S/C15H19FO3/c1-3-18-15(17)14-12-6-4-5-10(2)13(12)9-11(19-14)7-8-16/h4-6,11,14H,3,7-9H2,1-2H3. The van der Waals surface area contributed by atoms with Crippen molar-refractivity contribution in [2.24, 2.45) is 0 Å². The van der Waals surface area contributed by atoms with Gasteiger partial charge in [0, 0.05) is 6.42 Å². The summed E-state index contributed by atoms with van der Waals surface area (Å²) in [7, 11) is 0. The van der Waals surface area contributed by atoms with Gasteiger partial charge < -0.3 is 9.47 Å². The number of esters is 1. The zero-order valence-electron chi connectivity index (χ0n) is 11.3. The number of fused-ring (bicyclic) bond motifs is 1. The molecule has 2 atom stereocenters. The Balaban J connectivity index is 2.33. The molecule has 1 aliphatic rings. The minimum absolute atomic E-state index is 0.256. The van der Waals surface area contributed by atoms with E-state index in [1.54, 1.807) is 6.92 Å². The van der Waals surface area contributed by atoms with Crippen LogP contribution in [0.2, 0.25) is 0 Å². The molecule has 0 spiro atoms. The van der Waals surface area contributed by atoms with Crippen molar-refractivity contribution in [2.75, 3.05) is 13.3 Å². The predicted molar refractivity (Wildman–Crippen MR) is 69.7 cm³/mol. The molecule has 2 rings (SSSR count). The van der Waals surface area contributed by atoms with Crippen molar-refractivity contribution in [3.05, 3.63) is 34.9 Å². The van der Waals surface area contributed by atoms with Crippen molar-refractivity contribution in [2.45, 2.75) is 38.9 Å². The fourth-order valence-electron chi connectivity index (χ4n) is 2.48. The molecule has 0 amide bonds. The maximum absolute atomic E-state index is 12.5. The smallest absolute Gasteiger partial charge is 0.339 e. The Morgan fingerprint density at radius 2 is 2.32 bits per heavy atom. The largest absolute Gasteiger partial charge is 0.464 e. The molecule has 1 aliphatic heterocycles. The van der Waals surface area contributed by atoms with E-state index in [0.717, 1.165) is 16.7 Å². The van der Waals surface area contributed by atoms with E-state index < -0.39 is 18.7 Å². The maximum Gasteiger partial charge on any atom is 0.339 e. The third kappa shape index (κ3) is 2.95. The van der Waals surface area contributed by atoms with Crippen molar-refractivity contribution in [1.29, 1.82) is 0 Å².